The number of H-pyrrole nitrogens is 1. The number of aliphatic hydroxyl groups excluding tert-OH is 1. The molecule has 1 aliphatic carbocycles. The van der Waals surface area contributed by atoms with Gasteiger partial charge in [0.25, 0.3) is 0 Å². The van der Waals surface area contributed by atoms with Gasteiger partial charge in [-0.05, 0) is 56.4 Å². The van der Waals surface area contributed by atoms with Crippen LogP contribution in [0.15, 0.2) is 36.8 Å². The molecule has 0 radical (unpaired) electrons. The van der Waals surface area contributed by atoms with Crippen LogP contribution in [-0.2, 0) is 0 Å². The number of pyridine rings is 1. The molecule has 0 amide bonds. The first-order valence-electron chi connectivity index (χ1n) is 11.2. The van der Waals surface area contributed by atoms with Crippen molar-refractivity contribution in [3.05, 3.63) is 64.5 Å². The molecule has 1 saturated carbocycles. The van der Waals surface area contributed by atoms with E-state index < -0.39 is 11.6 Å². The van der Waals surface area contributed by atoms with E-state index >= 15 is 0 Å². The summed E-state index contributed by atoms with van der Waals surface area (Å²) in [6, 6.07) is 4.97. The minimum atomic E-state index is -0.696. The lowest BCUT2D eigenvalue weighted by atomic mass is 9.91. The Kier molecular flexibility index (Phi) is 5.62. The number of halogens is 2. The number of aromatic hydroxyl groups is 1. The highest BCUT2D eigenvalue weighted by Gasteiger charge is 2.25. The maximum atomic E-state index is 14.0. The molecule has 1 aliphatic rings. The van der Waals surface area contributed by atoms with Crippen molar-refractivity contribution in [2.24, 2.45) is 0 Å². The number of hydrogen-bond donors (Lipinski definition) is 3. The number of aliphatic hydroxyl groups is 1. The van der Waals surface area contributed by atoms with Crippen molar-refractivity contribution in [1.29, 1.82) is 0 Å². The van der Waals surface area contributed by atoms with Crippen molar-refractivity contribution >= 4 is 22.6 Å². The van der Waals surface area contributed by atoms with E-state index in [0.29, 0.717) is 22.3 Å². The maximum Gasteiger partial charge on any atom is 0.165 e. The molecule has 1 aromatic carbocycles. The summed E-state index contributed by atoms with van der Waals surface area (Å²) in [5.74, 6) is -1.47. The Morgan fingerprint density at radius 3 is 2.73 bits per heavy atom. The molecular formula is C25H26ClFN4O2. The van der Waals surface area contributed by atoms with Crippen LogP contribution < -0.4 is 0 Å². The Morgan fingerprint density at radius 1 is 1.21 bits per heavy atom. The summed E-state index contributed by atoms with van der Waals surface area (Å²) in [6.07, 6.45) is 8.74. The third kappa shape index (κ3) is 3.79. The van der Waals surface area contributed by atoms with Gasteiger partial charge in [-0.25, -0.2) is 9.37 Å². The number of hydrogen-bond acceptors (Lipinski definition) is 4. The first-order chi connectivity index (χ1) is 15.8. The van der Waals surface area contributed by atoms with Gasteiger partial charge >= 0.3 is 0 Å². The van der Waals surface area contributed by atoms with Crippen LogP contribution in [0.25, 0.3) is 22.2 Å². The van der Waals surface area contributed by atoms with Crippen molar-refractivity contribution in [2.75, 3.05) is 0 Å². The topological polar surface area (TPSA) is 87.0 Å². The lowest BCUT2D eigenvalue weighted by Crippen LogP contribution is -2.22. The van der Waals surface area contributed by atoms with E-state index in [-0.39, 0.29) is 12.0 Å². The van der Waals surface area contributed by atoms with Gasteiger partial charge in [0, 0.05) is 51.1 Å². The SMILES string of the molecule is Cc1c(-c2cnc3[nH]cc(C(C)c4c(Cl)ccc(F)c4O)c3c2)cnn1[C@H]1CC[C@H](O)CC1. The van der Waals surface area contributed by atoms with Crippen LogP contribution in [-0.4, -0.2) is 36.1 Å². The van der Waals surface area contributed by atoms with Crippen LogP contribution in [0.2, 0.25) is 5.02 Å². The molecule has 0 aliphatic heterocycles. The Labute approximate surface area is 196 Å². The van der Waals surface area contributed by atoms with E-state index in [2.05, 4.69) is 26.7 Å². The van der Waals surface area contributed by atoms with E-state index in [9.17, 15) is 14.6 Å². The van der Waals surface area contributed by atoms with E-state index in [1.54, 1.807) is 0 Å². The number of fused-ring (bicyclic) bond motifs is 1. The monoisotopic (exact) mass is 468 g/mol. The van der Waals surface area contributed by atoms with Crippen molar-refractivity contribution in [3.8, 4) is 16.9 Å². The Morgan fingerprint density at radius 2 is 1.97 bits per heavy atom. The Bertz CT molecular complexity index is 1320. The fourth-order valence-corrected chi connectivity index (χ4v) is 5.35. The molecule has 4 aromatic rings. The minimum Gasteiger partial charge on any atom is -0.505 e. The second-order valence-electron chi connectivity index (χ2n) is 8.93. The molecule has 1 unspecified atom stereocenters. The molecule has 0 saturated heterocycles. The van der Waals surface area contributed by atoms with Gasteiger partial charge in [-0.2, -0.15) is 5.10 Å². The average molecular weight is 469 g/mol. The summed E-state index contributed by atoms with van der Waals surface area (Å²) in [4.78, 5) is 7.77. The highest BCUT2D eigenvalue weighted by Crippen LogP contribution is 2.41. The maximum absolute atomic E-state index is 14.0. The number of phenolic OH excluding ortho intramolecular Hbond substituents is 1. The standard InChI is InChI=1S/C25H26ClFN4O2/c1-13(23-21(26)7-8-22(27)24(23)33)19-11-29-25-18(19)9-15(10-28-25)20-12-30-31(14(20)2)16-3-5-17(32)6-4-16/h7-13,16-17,32-33H,3-6H2,1-2H3,(H,28,29)/t13?,16-,17-. The fourth-order valence-electron chi connectivity index (χ4n) is 5.03. The molecule has 6 nitrogen and oxygen atoms in total. The van der Waals surface area contributed by atoms with Crippen LogP contribution in [0.4, 0.5) is 4.39 Å². The van der Waals surface area contributed by atoms with Crippen molar-refractivity contribution in [2.45, 2.75) is 57.6 Å². The second kappa shape index (κ2) is 8.47. The normalized spacial score (nSPS) is 19.8. The average Bonchev–Trinajstić information content (AvgIpc) is 3.40. The highest BCUT2D eigenvalue weighted by atomic mass is 35.5. The smallest absolute Gasteiger partial charge is 0.165 e. The van der Waals surface area contributed by atoms with Gasteiger partial charge in [0.05, 0.1) is 18.3 Å². The van der Waals surface area contributed by atoms with Gasteiger partial charge in [0.2, 0.25) is 0 Å². The van der Waals surface area contributed by atoms with E-state index in [4.69, 9.17) is 11.6 Å². The Balaban J connectivity index is 1.53. The van der Waals surface area contributed by atoms with Crippen LogP contribution >= 0.6 is 11.6 Å². The second-order valence-corrected chi connectivity index (χ2v) is 9.34. The molecule has 3 aromatic heterocycles. The molecule has 0 bridgehead atoms. The summed E-state index contributed by atoms with van der Waals surface area (Å²) >= 11 is 6.32. The van der Waals surface area contributed by atoms with E-state index in [0.717, 1.165) is 59.5 Å². The molecule has 3 heterocycles. The Hall–Kier alpha value is -2.90. The van der Waals surface area contributed by atoms with Gasteiger partial charge in [-0.15, -0.1) is 0 Å². The van der Waals surface area contributed by atoms with Crippen molar-refractivity contribution < 1.29 is 14.6 Å². The predicted octanol–water partition coefficient (Wildman–Crippen LogP) is 5.86. The fraction of sp³-hybridized carbons (Fsp3) is 0.360. The predicted molar refractivity (Wildman–Crippen MR) is 126 cm³/mol. The summed E-state index contributed by atoms with van der Waals surface area (Å²) < 4.78 is 16.1. The molecule has 0 spiro atoms. The number of nitrogens with zero attached hydrogens (tertiary/aromatic N) is 3. The number of aromatic nitrogens is 4. The van der Waals surface area contributed by atoms with Gasteiger partial charge in [0.1, 0.15) is 5.65 Å². The summed E-state index contributed by atoms with van der Waals surface area (Å²) in [6.45, 7) is 3.94. The molecular weight excluding hydrogens is 443 g/mol. The van der Waals surface area contributed by atoms with Gasteiger partial charge in [0.15, 0.2) is 11.6 Å². The third-order valence-electron chi connectivity index (χ3n) is 6.95. The zero-order chi connectivity index (χ0) is 23.3. The van der Waals surface area contributed by atoms with Gasteiger partial charge in [-0.3, -0.25) is 4.68 Å². The summed E-state index contributed by atoms with van der Waals surface area (Å²) in [5.41, 5.74) is 4.93. The molecule has 3 N–H and O–H groups in total. The molecule has 8 heteroatoms. The van der Waals surface area contributed by atoms with Gasteiger partial charge in [-0.1, -0.05) is 18.5 Å². The van der Waals surface area contributed by atoms with E-state index in [1.165, 1.54) is 6.07 Å². The first-order valence-corrected chi connectivity index (χ1v) is 11.6. The van der Waals surface area contributed by atoms with E-state index in [1.807, 2.05) is 31.6 Å². The number of rotatable bonds is 4. The number of benzene rings is 1. The van der Waals surface area contributed by atoms with Crippen LogP contribution in [0, 0.1) is 12.7 Å². The van der Waals surface area contributed by atoms with Crippen molar-refractivity contribution in [3.63, 3.8) is 0 Å². The molecule has 33 heavy (non-hydrogen) atoms. The number of nitrogens with one attached hydrogen (secondary N) is 1. The minimum absolute atomic E-state index is 0.205. The number of phenols is 1. The highest BCUT2D eigenvalue weighted by molar-refractivity contribution is 6.31. The lowest BCUT2D eigenvalue weighted by molar-refractivity contribution is 0.107. The molecule has 1 fully saturated rings. The quantitative estimate of drug-likeness (QED) is 0.350. The zero-order valence-electron chi connectivity index (χ0n) is 18.5. The van der Waals surface area contributed by atoms with Crippen LogP contribution in [0.1, 0.15) is 61.4 Å². The number of aromatic amines is 1. The van der Waals surface area contributed by atoms with Crippen LogP contribution in [0.5, 0.6) is 5.75 Å². The molecule has 5 rings (SSSR count). The summed E-state index contributed by atoms with van der Waals surface area (Å²) in [7, 11) is 0. The largest absolute Gasteiger partial charge is 0.505 e. The van der Waals surface area contributed by atoms with Crippen LogP contribution in [0.3, 0.4) is 0 Å². The third-order valence-corrected chi connectivity index (χ3v) is 7.27. The summed E-state index contributed by atoms with van der Waals surface area (Å²) in [5, 5.41) is 26.0. The first kappa shape index (κ1) is 21.9. The molecule has 172 valence electrons. The lowest BCUT2D eigenvalue weighted by Gasteiger charge is -2.26. The van der Waals surface area contributed by atoms with Gasteiger partial charge < -0.3 is 15.2 Å². The van der Waals surface area contributed by atoms with Crippen molar-refractivity contribution in [1.82, 2.24) is 19.7 Å². The molecule has 1 atom stereocenters. The zero-order valence-corrected chi connectivity index (χ0v) is 19.3.